The molecule has 0 saturated heterocycles. The number of nitrogens with zero attached hydrogens (tertiary/aromatic N) is 2. The Morgan fingerprint density at radius 1 is 1.30 bits per heavy atom. The quantitative estimate of drug-likeness (QED) is 0.670. The molecule has 1 aromatic carbocycles. The number of amidine groups is 1. The normalized spacial score (nSPS) is 11.9. The fourth-order valence-corrected chi connectivity index (χ4v) is 2.16. The highest BCUT2D eigenvalue weighted by Gasteiger charge is 2.14. The van der Waals surface area contributed by atoms with E-state index in [1.165, 1.54) is 0 Å². The summed E-state index contributed by atoms with van der Waals surface area (Å²) < 4.78 is 0. The number of hydrogen-bond acceptors (Lipinski definition) is 3. The maximum absolute atomic E-state index is 7.45. The number of rotatable bonds is 4. The van der Waals surface area contributed by atoms with E-state index in [1.807, 2.05) is 48.3 Å². The van der Waals surface area contributed by atoms with Gasteiger partial charge in [-0.25, -0.2) is 4.98 Å². The van der Waals surface area contributed by atoms with Crippen molar-refractivity contribution in [2.75, 3.05) is 11.9 Å². The van der Waals surface area contributed by atoms with Crippen molar-refractivity contribution in [1.29, 1.82) is 5.41 Å². The Morgan fingerprint density at radius 3 is 2.65 bits per heavy atom. The van der Waals surface area contributed by atoms with Gasteiger partial charge in [0.05, 0.1) is 6.04 Å². The minimum Gasteiger partial charge on any atom is -0.382 e. The molecule has 3 N–H and O–H groups in total. The van der Waals surface area contributed by atoms with Crippen LogP contribution in [-0.2, 0) is 0 Å². The van der Waals surface area contributed by atoms with Gasteiger partial charge >= 0.3 is 0 Å². The van der Waals surface area contributed by atoms with E-state index in [-0.39, 0.29) is 11.9 Å². The highest BCUT2D eigenvalue weighted by molar-refractivity contribution is 6.30. The standard InChI is InChI=1S/C15H17ClN4/c1-10(11-5-3-6-12(16)9-11)20(2)14-8-4-7-13(19-14)15(17)18/h3-10H,1-2H3,(H3,17,18). The monoisotopic (exact) mass is 288 g/mol. The summed E-state index contributed by atoms with van der Waals surface area (Å²) in [6.07, 6.45) is 0. The molecule has 0 aliphatic carbocycles. The van der Waals surface area contributed by atoms with E-state index >= 15 is 0 Å². The molecular weight excluding hydrogens is 272 g/mol. The van der Waals surface area contributed by atoms with E-state index < -0.39 is 0 Å². The smallest absolute Gasteiger partial charge is 0.141 e. The first-order valence-electron chi connectivity index (χ1n) is 6.29. The van der Waals surface area contributed by atoms with Gasteiger partial charge in [-0.05, 0) is 36.8 Å². The lowest BCUT2D eigenvalue weighted by Gasteiger charge is -2.26. The molecule has 0 amide bonds. The molecule has 2 aromatic rings. The number of hydrogen-bond donors (Lipinski definition) is 2. The number of pyridine rings is 1. The lowest BCUT2D eigenvalue weighted by atomic mass is 10.1. The van der Waals surface area contributed by atoms with Crippen molar-refractivity contribution in [2.24, 2.45) is 5.73 Å². The van der Waals surface area contributed by atoms with Crippen LogP contribution in [0.25, 0.3) is 0 Å². The maximum atomic E-state index is 7.45. The number of halogens is 1. The van der Waals surface area contributed by atoms with Crippen molar-refractivity contribution in [3.8, 4) is 0 Å². The lowest BCUT2D eigenvalue weighted by molar-refractivity contribution is 0.728. The minimum absolute atomic E-state index is 0.0318. The molecule has 1 atom stereocenters. The van der Waals surface area contributed by atoms with Crippen molar-refractivity contribution in [2.45, 2.75) is 13.0 Å². The molecule has 1 heterocycles. The van der Waals surface area contributed by atoms with Gasteiger partial charge in [-0.1, -0.05) is 29.8 Å². The molecule has 4 nitrogen and oxygen atoms in total. The minimum atomic E-state index is -0.0318. The predicted octanol–water partition coefficient (Wildman–Crippen LogP) is 3.22. The predicted molar refractivity (Wildman–Crippen MR) is 83.5 cm³/mol. The fourth-order valence-electron chi connectivity index (χ4n) is 1.96. The average Bonchev–Trinajstić information content (AvgIpc) is 2.45. The lowest BCUT2D eigenvalue weighted by Crippen LogP contribution is -2.24. The Kier molecular flexibility index (Phi) is 4.25. The molecule has 20 heavy (non-hydrogen) atoms. The van der Waals surface area contributed by atoms with Gasteiger partial charge in [0.1, 0.15) is 17.3 Å². The van der Waals surface area contributed by atoms with Crippen molar-refractivity contribution < 1.29 is 0 Å². The molecule has 0 radical (unpaired) electrons. The summed E-state index contributed by atoms with van der Waals surface area (Å²) in [6.45, 7) is 2.08. The van der Waals surface area contributed by atoms with E-state index in [0.717, 1.165) is 11.4 Å². The second-order valence-electron chi connectivity index (χ2n) is 4.64. The summed E-state index contributed by atoms with van der Waals surface area (Å²) in [5.41, 5.74) is 7.06. The summed E-state index contributed by atoms with van der Waals surface area (Å²) in [5.74, 6) is 0.737. The molecule has 0 saturated carbocycles. The van der Waals surface area contributed by atoms with Crippen molar-refractivity contribution in [3.05, 3.63) is 58.7 Å². The molecule has 0 fully saturated rings. The van der Waals surface area contributed by atoms with Crippen LogP contribution in [0.2, 0.25) is 5.02 Å². The van der Waals surface area contributed by atoms with Crippen LogP contribution in [0, 0.1) is 5.41 Å². The van der Waals surface area contributed by atoms with Gasteiger partial charge in [0.2, 0.25) is 0 Å². The Balaban J connectivity index is 2.28. The summed E-state index contributed by atoms with van der Waals surface area (Å²) in [5, 5.41) is 8.17. The molecular formula is C15H17ClN4. The van der Waals surface area contributed by atoms with Crippen LogP contribution < -0.4 is 10.6 Å². The summed E-state index contributed by atoms with van der Waals surface area (Å²) in [7, 11) is 1.96. The third-order valence-corrected chi connectivity index (χ3v) is 3.52. The van der Waals surface area contributed by atoms with Gasteiger partial charge in [0, 0.05) is 12.1 Å². The number of anilines is 1. The number of nitrogens with one attached hydrogen (secondary N) is 1. The second-order valence-corrected chi connectivity index (χ2v) is 5.07. The molecule has 104 valence electrons. The van der Waals surface area contributed by atoms with E-state index in [4.69, 9.17) is 22.7 Å². The van der Waals surface area contributed by atoms with Crippen LogP contribution in [-0.4, -0.2) is 17.9 Å². The maximum Gasteiger partial charge on any atom is 0.141 e. The van der Waals surface area contributed by atoms with Gasteiger partial charge in [0.25, 0.3) is 0 Å². The number of nitrogens with two attached hydrogens (primary N) is 1. The SMILES string of the molecule is CC(c1cccc(Cl)c1)N(C)c1cccc(C(=N)N)n1. The zero-order valence-electron chi connectivity index (χ0n) is 11.5. The average molecular weight is 289 g/mol. The van der Waals surface area contributed by atoms with E-state index in [9.17, 15) is 0 Å². The van der Waals surface area contributed by atoms with Crippen LogP contribution in [0.3, 0.4) is 0 Å². The van der Waals surface area contributed by atoms with Gasteiger partial charge < -0.3 is 10.6 Å². The van der Waals surface area contributed by atoms with Gasteiger partial charge in [-0.3, -0.25) is 5.41 Å². The topological polar surface area (TPSA) is 66.0 Å². The largest absolute Gasteiger partial charge is 0.382 e. The van der Waals surface area contributed by atoms with Gasteiger partial charge in [-0.2, -0.15) is 0 Å². The van der Waals surface area contributed by atoms with Gasteiger partial charge in [0.15, 0.2) is 0 Å². The van der Waals surface area contributed by atoms with Crippen LogP contribution >= 0.6 is 11.6 Å². The zero-order valence-corrected chi connectivity index (χ0v) is 12.2. The van der Waals surface area contributed by atoms with Crippen molar-refractivity contribution >= 4 is 23.3 Å². The number of nitrogen functional groups attached to an aromatic ring is 1. The first kappa shape index (κ1) is 14.3. The Hall–Kier alpha value is -2.07. The van der Waals surface area contributed by atoms with Gasteiger partial charge in [-0.15, -0.1) is 0 Å². The Labute approximate surface area is 123 Å². The molecule has 5 heteroatoms. The molecule has 0 spiro atoms. The van der Waals surface area contributed by atoms with E-state index in [2.05, 4.69) is 11.9 Å². The fraction of sp³-hybridized carbons (Fsp3) is 0.200. The van der Waals surface area contributed by atoms with E-state index in [1.54, 1.807) is 6.07 Å². The van der Waals surface area contributed by atoms with Crippen molar-refractivity contribution in [1.82, 2.24) is 4.98 Å². The van der Waals surface area contributed by atoms with Crippen molar-refractivity contribution in [3.63, 3.8) is 0 Å². The van der Waals surface area contributed by atoms with Crippen LogP contribution in [0.5, 0.6) is 0 Å². The van der Waals surface area contributed by atoms with Crippen LogP contribution in [0.4, 0.5) is 5.82 Å². The molecule has 2 rings (SSSR count). The molecule has 1 aromatic heterocycles. The van der Waals surface area contributed by atoms with E-state index in [0.29, 0.717) is 10.7 Å². The number of aromatic nitrogens is 1. The Morgan fingerprint density at radius 2 is 2.00 bits per heavy atom. The molecule has 0 aliphatic rings. The molecule has 0 aliphatic heterocycles. The zero-order chi connectivity index (χ0) is 14.7. The molecule has 0 bridgehead atoms. The van der Waals surface area contributed by atoms with Crippen LogP contribution in [0.15, 0.2) is 42.5 Å². The first-order valence-corrected chi connectivity index (χ1v) is 6.66. The second kappa shape index (κ2) is 5.92. The summed E-state index contributed by atoms with van der Waals surface area (Å²) in [4.78, 5) is 6.41. The highest BCUT2D eigenvalue weighted by Crippen LogP contribution is 2.25. The third-order valence-electron chi connectivity index (χ3n) is 3.28. The molecule has 1 unspecified atom stereocenters. The Bertz CT molecular complexity index is 627. The third kappa shape index (κ3) is 3.08. The summed E-state index contributed by atoms with van der Waals surface area (Å²) >= 11 is 6.03. The van der Waals surface area contributed by atoms with Crippen LogP contribution in [0.1, 0.15) is 24.2 Å². The number of benzene rings is 1. The summed E-state index contributed by atoms with van der Waals surface area (Å²) in [6, 6.07) is 13.3. The highest BCUT2D eigenvalue weighted by atomic mass is 35.5. The first-order chi connectivity index (χ1) is 9.49.